The van der Waals surface area contributed by atoms with Gasteiger partial charge in [0, 0.05) is 45.2 Å². The van der Waals surface area contributed by atoms with Gasteiger partial charge < -0.3 is 9.80 Å². The van der Waals surface area contributed by atoms with Crippen LogP contribution in [0.25, 0.3) is 0 Å². The largest absolute Gasteiger partial charge is 0.378 e. The molecule has 154 valence electrons. The van der Waals surface area contributed by atoms with Crippen LogP contribution in [0.4, 0.5) is 11.4 Å². The fourth-order valence-electron chi connectivity index (χ4n) is 4.18. The van der Waals surface area contributed by atoms with Gasteiger partial charge >= 0.3 is 0 Å². The van der Waals surface area contributed by atoms with Crippen molar-refractivity contribution in [2.24, 2.45) is 0 Å². The van der Waals surface area contributed by atoms with E-state index in [0.29, 0.717) is 5.66 Å². The first-order chi connectivity index (χ1) is 12.8. The molecule has 0 unspecified atom stereocenters. The molecular weight excluding hydrogens is 359 g/mol. The third kappa shape index (κ3) is 5.29. The van der Waals surface area contributed by atoms with Gasteiger partial charge in [-0.15, -0.1) is 0 Å². The minimum Gasteiger partial charge on any atom is -0.378 e. The summed E-state index contributed by atoms with van der Waals surface area (Å²) < 4.78 is 0. The zero-order valence-corrected chi connectivity index (χ0v) is 20.4. The number of hydrogen-bond donors (Lipinski definition) is 0. The van der Waals surface area contributed by atoms with Gasteiger partial charge in [0.15, 0.2) is 0 Å². The number of rotatable bonds is 5. The fourth-order valence-corrected chi connectivity index (χ4v) is 8.68. The van der Waals surface area contributed by atoms with Gasteiger partial charge in [0.25, 0.3) is 0 Å². The lowest BCUT2D eigenvalue weighted by molar-refractivity contribution is 0.694. The Morgan fingerprint density at radius 3 is 1.07 bits per heavy atom. The summed E-state index contributed by atoms with van der Waals surface area (Å²) in [5, 5.41) is 0.497. The van der Waals surface area contributed by atoms with Crippen molar-refractivity contribution >= 4 is 19.3 Å². The van der Waals surface area contributed by atoms with Gasteiger partial charge in [-0.2, -0.15) is 0 Å². The zero-order valence-electron chi connectivity index (χ0n) is 19.5. The first-order valence-electron chi connectivity index (χ1n) is 10.2. The molecule has 0 bridgehead atoms. The smallest absolute Gasteiger partial charge is 0.0361 e. The molecule has 2 aromatic carbocycles. The van der Waals surface area contributed by atoms with Crippen molar-refractivity contribution in [1.29, 1.82) is 0 Å². The molecule has 0 fully saturated rings. The van der Waals surface area contributed by atoms with E-state index in [0.717, 1.165) is 0 Å². The van der Waals surface area contributed by atoms with E-state index >= 15 is 0 Å². The maximum atomic E-state index is 2.42. The summed E-state index contributed by atoms with van der Waals surface area (Å²) in [7, 11) is 8.07. The van der Waals surface area contributed by atoms with E-state index in [4.69, 9.17) is 0 Å². The molecule has 28 heavy (non-hydrogen) atoms. The van der Waals surface area contributed by atoms with Crippen molar-refractivity contribution in [3.8, 4) is 0 Å². The zero-order chi connectivity index (χ0) is 21.3. The highest BCUT2D eigenvalue weighted by Gasteiger charge is 2.41. The molecule has 0 aliphatic carbocycles. The van der Waals surface area contributed by atoms with E-state index in [1.54, 1.807) is 0 Å². The van der Waals surface area contributed by atoms with Gasteiger partial charge in [-0.3, -0.25) is 0 Å². The van der Waals surface area contributed by atoms with Crippen LogP contribution in [0.2, 0.25) is 0 Å². The SMILES string of the molecule is CN(C)c1ccc(C(c2ccc(N(C)C)cc2)P(C(C)(C)C)C(C)(C)C)cc1. The quantitative estimate of drug-likeness (QED) is 0.501. The lowest BCUT2D eigenvalue weighted by atomic mass is 10.0. The van der Waals surface area contributed by atoms with Crippen molar-refractivity contribution < 1.29 is 0 Å². The molecule has 0 aliphatic heterocycles. The average Bonchev–Trinajstić information content (AvgIpc) is 2.57. The summed E-state index contributed by atoms with van der Waals surface area (Å²) in [4.78, 5) is 4.34. The lowest BCUT2D eigenvalue weighted by Gasteiger charge is -2.47. The Balaban J connectivity index is 2.63. The third-order valence-electron chi connectivity index (χ3n) is 5.15. The highest BCUT2D eigenvalue weighted by molar-refractivity contribution is 7.61. The fraction of sp³-hybridized carbons (Fsp3) is 0.520. The summed E-state index contributed by atoms with van der Waals surface area (Å²) in [6.07, 6.45) is 0. The maximum Gasteiger partial charge on any atom is 0.0361 e. The third-order valence-corrected chi connectivity index (χ3v) is 9.16. The van der Waals surface area contributed by atoms with Crippen molar-refractivity contribution in [3.05, 3.63) is 59.7 Å². The summed E-state index contributed by atoms with van der Waals surface area (Å²) >= 11 is 0. The van der Waals surface area contributed by atoms with Gasteiger partial charge in [0.05, 0.1) is 0 Å². The van der Waals surface area contributed by atoms with E-state index in [-0.39, 0.29) is 18.2 Å². The maximum absolute atomic E-state index is 2.42. The molecule has 0 aromatic heterocycles. The topological polar surface area (TPSA) is 6.48 Å². The van der Waals surface area contributed by atoms with E-state index in [1.165, 1.54) is 22.5 Å². The van der Waals surface area contributed by atoms with Crippen LogP contribution in [-0.2, 0) is 0 Å². The Hall–Kier alpha value is -1.53. The van der Waals surface area contributed by atoms with Crippen LogP contribution in [0.3, 0.4) is 0 Å². The van der Waals surface area contributed by atoms with Crippen molar-refractivity contribution in [1.82, 2.24) is 0 Å². The molecule has 0 aliphatic rings. The van der Waals surface area contributed by atoms with Crippen LogP contribution in [0.1, 0.15) is 58.3 Å². The Morgan fingerprint density at radius 2 is 0.857 bits per heavy atom. The van der Waals surface area contributed by atoms with Gasteiger partial charge in [-0.1, -0.05) is 73.7 Å². The Labute approximate surface area is 174 Å². The predicted octanol–water partition coefficient (Wildman–Crippen LogP) is 6.99. The molecule has 0 amide bonds. The van der Waals surface area contributed by atoms with Crippen LogP contribution >= 0.6 is 7.92 Å². The van der Waals surface area contributed by atoms with Crippen LogP contribution < -0.4 is 9.80 Å². The molecule has 3 heteroatoms. The van der Waals surface area contributed by atoms with Crippen molar-refractivity contribution in [2.45, 2.75) is 57.5 Å². The summed E-state index contributed by atoms with van der Waals surface area (Å²) in [5.74, 6) is 0. The minimum atomic E-state index is -0.336. The van der Waals surface area contributed by atoms with Gasteiger partial charge in [0.1, 0.15) is 0 Å². The normalized spacial score (nSPS) is 12.6. The standard InChI is InChI=1S/C25H39N2P/c1-24(2,3)28(25(4,5)6)23(19-11-15-21(16-12-19)26(7)8)20-13-17-22(18-14-20)27(9)10/h11-18,23H,1-10H3. The summed E-state index contributed by atoms with van der Waals surface area (Å²) in [6.45, 7) is 14.5. The first-order valence-corrected chi connectivity index (χ1v) is 11.6. The van der Waals surface area contributed by atoms with Gasteiger partial charge in [-0.25, -0.2) is 0 Å². The molecule has 2 rings (SSSR count). The van der Waals surface area contributed by atoms with Crippen molar-refractivity contribution in [2.75, 3.05) is 38.0 Å². The molecule has 0 heterocycles. The Bertz CT molecular complexity index is 682. The monoisotopic (exact) mass is 398 g/mol. The highest BCUT2D eigenvalue weighted by Crippen LogP contribution is 2.69. The van der Waals surface area contributed by atoms with Gasteiger partial charge in [0.2, 0.25) is 0 Å². The predicted molar refractivity (Wildman–Crippen MR) is 130 cm³/mol. The Morgan fingerprint density at radius 1 is 0.571 bits per heavy atom. The summed E-state index contributed by atoms with van der Waals surface area (Å²) in [5.41, 5.74) is 5.78. The van der Waals surface area contributed by atoms with E-state index in [9.17, 15) is 0 Å². The molecule has 0 spiro atoms. The second-order valence-corrected chi connectivity index (χ2v) is 14.0. The Kier molecular flexibility index (Phi) is 6.87. The second kappa shape index (κ2) is 8.46. The van der Waals surface area contributed by atoms with Crippen LogP contribution in [-0.4, -0.2) is 38.5 Å². The molecule has 2 nitrogen and oxygen atoms in total. The van der Waals surface area contributed by atoms with Crippen LogP contribution in [0.5, 0.6) is 0 Å². The number of anilines is 2. The van der Waals surface area contributed by atoms with E-state index < -0.39 is 0 Å². The van der Waals surface area contributed by atoms with Gasteiger partial charge in [-0.05, 0) is 45.7 Å². The van der Waals surface area contributed by atoms with Crippen molar-refractivity contribution in [3.63, 3.8) is 0 Å². The first kappa shape index (κ1) is 22.8. The molecule has 0 saturated heterocycles. The molecule has 2 aromatic rings. The number of benzene rings is 2. The summed E-state index contributed by atoms with van der Waals surface area (Å²) in [6, 6.07) is 18.4. The highest BCUT2D eigenvalue weighted by atomic mass is 31.1. The van der Waals surface area contributed by atoms with E-state index in [2.05, 4.69) is 128 Å². The molecule has 0 radical (unpaired) electrons. The van der Waals surface area contributed by atoms with Crippen LogP contribution in [0, 0.1) is 0 Å². The molecule has 0 atom stereocenters. The second-order valence-electron chi connectivity index (χ2n) is 10.1. The molecule has 0 saturated carbocycles. The molecular formula is C25H39N2P. The lowest BCUT2D eigenvalue weighted by Crippen LogP contribution is -2.28. The minimum absolute atomic E-state index is 0.249. The van der Waals surface area contributed by atoms with E-state index in [1.807, 2.05) is 0 Å². The number of nitrogens with zero attached hydrogens (tertiary/aromatic N) is 2. The average molecular weight is 399 g/mol. The molecule has 0 N–H and O–H groups in total. The number of hydrogen-bond acceptors (Lipinski definition) is 2. The van der Waals surface area contributed by atoms with Crippen LogP contribution in [0.15, 0.2) is 48.5 Å².